The van der Waals surface area contributed by atoms with E-state index in [9.17, 15) is 14.9 Å². The summed E-state index contributed by atoms with van der Waals surface area (Å²) in [5.74, 6) is -0.000448. The number of amides is 1. The SMILES string of the molecule is CC(=O)NCCN1CCN(c2ccc([N+](=O)[O-])cc2)CC1. The molecule has 2 rings (SSSR count). The molecule has 1 saturated heterocycles. The van der Waals surface area contributed by atoms with E-state index in [0.29, 0.717) is 6.54 Å². The second kappa shape index (κ2) is 7.03. The Hall–Kier alpha value is -2.15. The number of rotatable bonds is 5. The molecule has 7 heteroatoms. The molecule has 0 unspecified atom stereocenters. The van der Waals surface area contributed by atoms with E-state index in [2.05, 4.69) is 15.1 Å². The van der Waals surface area contributed by atoms with E-state index in [4.69, 9.17) is 0 Å². The van der Waals surface area contributed by atoms with Crippen molar-refractivity contribution in [2.75, 3.05) is 44.2 Å². The van der Waals surface area contributed by atoms with Gasteiger partial charge in [0.05, 0.1) is 4.92 Å². The minimum atomic E-state index is -0.385. The molecule has 7 nitrogen and oxygen atoms in total. The van der Waals surface area contributed by atoms with Gasteiger partial charge in [-0.05, 0) is 12.1 Å². The summed E-state index contributed by atoms with van der Waals surface area (Å²) in [5.41, 5.74) is 1.13. The van der Waals surface area contributed by atoms with Crippen molar-refractivity contribution in [2.45, 2.75) is 6.92 Å². The third-order valence-electron chi connectivity index (χ3n) is 3.60. The Kier molecular flexibility index (Phi) is 5.10. The summed E-state index contributed by atoms with van der Waals surface area (Å²) in [6.45, 7) is 6.68. The lowest BCUT2D eigenvalue weighted by Gasteiger charge is -2.36. The van der Waals surface area contributed by atoms with E-state index >= 15 is 0 Å². The predicted octanol–water partition coefficient (Wildman–Crippen LogP) is 0.853. The van der Waals surface area contributed by atoms with Crippen LogP contribution in [-0.2, 0) is 4.79 Å². The number of non-ortho nitro benzene ring substituents is 1. The average molecular weight is 292 g/mol. The van der Waals surface area contributed by atoms with Crippen molar-refractivity contribution in [2.24, 2.45) is 0 Å². The molecule has 1 aliphatic rings. The Bertz CT molecular complexity index is 495. The van der Waals surface area contributed by atoms with Crippen LogP contribution in [0, 0.1) is 10.1 Å². The number of piperazine rings is 1. The Labute approximate surface area is 123 Å². The predicted molar refractivity (Wildman–Crippen MR) is 80.4 cm³/mol. The number of hydrogen-bond donors (Lipinski definition) is 1. The highest BCUT2D eigenvalue weighted by Gasteiger charge is 2.17. The minimum Gasteiger partial charge on any atom is -0.369 e. The topological polar surface area (TPSA) is 78.7 Å². The lowest BCUT2D eigenvalue weighted by molar-refractivity contribution is -0.384. The second-order valence-electron chi connectivity index (χ2n) is 5.09. The molecule has 0 aromatic heterocycles. The number of carbonyl (C=O) groups excluding carboxylic acids is 1. The Morgan fingerprint density at radius 1 is 1.24 bits per heavy atom. The monoisotopic (exact) mass is 292 g/mol. The number of anilines is 1. The first kappa shape index (κ1) is 15.2. The van der Waals surface area contributed by atoms with E-state index in [0.717, 1.165) is 38.4 Å². The van der Waals surface area contributed by atoms with Gasteiger partial charge in [0.2, 0.25) is 5.91 Å². The summed E-state index contributed by atoms with van der Waals surface area (Å²) in [4.78, 5) is 25.6. The molecule has 1 amide bonds. The first-order valence-corrected chi connectivity index (χ1v) is 7.02. The number of nitrogens with zero attached hydrogens (tertiary/aromatic N) is 3. The molecule has 0 atom stereocenters. The first-order valence-electron chi connectivity index (χ1n) is 7.02. The van der Waals surface area contributed by atoms with Gasteiger partial charge in [-0.3, -0.25) is 19.8 Å². The highest BCUT2D eigenvalue weighted by Crippen LogP contribution is 2.20. The number of nitro benzene ring substituents is 1. The summed E-state index contributed by atoms with van der Waals surface area (Å²) in [6.07, 6.45) is 0. The lowest BCUT2D eigenvalue weighted by Crippen LogP contribution is -2.48. The maximum absolute atomic E-state index is 10.8. The Morgan fingerprint density at radius 2 is 1.86 bits per heavy atom. The van der Waals surface area contributed by atoms with E-state index in [1.807, 2.05) is 0 Å². The molecule has 0 radical (unpaired) electrons. The molecule has 1 N–H and O–H groups in total. The molecule has 0 spiro atoms. The van der Waals surface area contributed by atoms with Crippen molar-refractivity contribution in [1.29, 1.82) is 0 Å². The van der Waals surface area contributed by atoms with Crippen LogP contribution in [0.15, 0.2) is 24.3 Å². The van der Waals surface area contributed by atoms with Crippen LogP contribution < -0.4 is 10.2 Å². The molecular formula is C14H20N4O3. The summed E-state index contributed by atoms with van der Waals surface area (Å²) < 4.78 is 0. The van der Waals surface area contributed by atoms with Gasteiger partial charge in [-0.1, -0.05) is 0 Å². The van der Waals surface area contributed by atoms with Crippen LogP contribution in [0.25, 0.3) is 0 Å². The van der Waals surface area contributed by atoms with Crippen LogP contribution >= 0.6 is 0 Å². The summed E-state index contributed by atoms with van der Waals surface area (Å²) in [6, 6.07) is 6.67. The van der Waals surface area contributed by atoms with E-state index in [1.165, 1.54) is 6.92 Å². The van der Waals surface area contributed by atoms with Crippen LogP contribution in [0.5, 0.6) is 0 Å². The van der Waals surface area contributed by atoms with Crippen LogP contribution in [0.4, 0.5) is 11.4 Å². The maximum atomic E-state index is 10.8. The van der Waals surface area contributed by atoms with Gasteiger partial charge in [-0.2, -0.15) is 0 Å². The van der Waals surface area contributed by atoms with Crippen molar-refractivity contribution in [3.63, 3.8) is 0 Å². The smallest absolute Gasteiger partial charge is 0.269 e. The van der Waals surface area contributed by atoms with Crippen molar-refractivity contribution in [3.8, 4) is 0 Å². The van der Waals surface area contributed by atoms with Gasteiger partial charge >= 0.3 is 0 Å². The third kappa shape index (κ3) is 4.42. The molecule has 114 valence electrons. The van der Waals surface area contributed by atoms with Crippen molar-refractivity contribution < 1.29 is 9.72 Å². The first-order chi connectivity index (χ1) is 10.1. The normalized spacial score (nSPS) is 15.8. The fourth-order valence-electron chi connectivity index (χ4n) is 2.40. The van der Waals surface area contributed by atoms with Gasteiger partial charge in [-0.25, -0.2) is 0 Å². The van der Waals surface area contributed by atoms with Crippen molar-refractivity contribution in [1.82, 2.24) is 10.2 Å². The fraction of sp³-hybridized carbons (Fsp3) is 0.500. The molecule has 0 aliphatic carbocycles. The molecule has 0 bridgehead atoms. The fourth-order valence-corrected chi connectivity index (χ4v) is 2.40. The van der Waals surface area contributed by atoms with E-state index in [1.54, 1.807) is 24.3 Å². The largest absolute Gasteiger partial charge is 0.369 e. The van der Waals surface area contributed by atoms with Gasteiger partial charge in [-0.15, -0.1) is 0 Å². The minimum absolute atomic E-state index is 0.000448. The quantitative estimate of drug-likeness (QED) is 0.643. The van der Waals surface area contributed by atoms with E-state index < -0.39 is 0 Å². The summed E-state index contributed by atoms with van der Waals surface area (Å²) in [7, 11) is 0. The highest BCUT2D eigenvalue weighted by molar-refractivity contribution is 5.72. The summed E-state index contributed by atoms with van der Waals surface area (Å²) in [5, 5.41) is 13.4. The Balaban J connectivity index is 1.80. The molecule has 0 saturated carbocycles. The van der Waals surface area contributed by atoms with Gasteiger partial charge < -0.3 is 10.2 Å². The zero-order valence-electron chi connectivity index (χ0n) is 12.1. The number of hydrogen-bond acceptors (Lipinski definition) is 5. The van der Waals surface area contributed by atoms with Crippen LogP contribution in [0.2, 0.25) is 0 Å². The van der Waals surface area contributed by atoms with E-state index in [-0.39, 0.29) is 16.5 Å². The average Bonchev–Trinajstić information content (AvgIpc) is 2.48. The van der Waals surface area contributed by atoms with Crippen LogP contribution in [-0.4, -0.2) is 55.0 Å². The Morgan fingerprint density at radius 3 is 2.38 bits per heavy atom. The van der Waals surface area contributed by atoms with Crippen molar-refractivity contribution >= 4 is 17.3 Å². The van der Waals surface area contributed by atoms with Crippen LogP contribution in [0.3, 0.4) is 0 Å². The standard InChI is InChI=1S/C14H20N4O3/c1-12(19)15-6-7-16-8-10-17(11-9-16)13-2-4-14(5-3-13)18(20)21/h2-5H,6-11H2,1H3,(H,15,19). The van der Waals surface area contributed by atoms with Gasteiger partial charge in [0.1, 0.15) is 0 Å². The van der Waals surface area contributed by atoms with Gasteiger partial charge in [0.15, 0.2) is 0 Å². The zero-order chi connectivity index (χ0) is 15.2. The third-order valence-corrected chi connectivity index (χ3v) is 3.60. The lowest BCUT2D eigenvalue weighted by atomic mass is 10.2. The zero-order valence-corrected chi connectivity index (χ0v) is 12.1. The molecule has 1 fully saturated rings. The number of benzene rings is 1. The van der Waals surface area contributed by atoms with Gasteiger partial charge in [0.25, 0.3) is 5.69 Å². The molecular weight excluding hydrogens is 272 g/mol. The van der Waals surface area contributed by atoms with Crippen LogP contribution in [0.1, 0.15) is 6.92 Å². The second-order valence-corrected chi connectivity index (χ2v) is 5.09. The highest BCUT2D eigenvalue weighted by atomic mass is 16.6. The molecule has 1 aromatic carbocycles. The summed E-state index contributed by atoms with van der Waals surface area (Å²) >= 11 is 0. The number of nitrogens with one attached hydrogen (secondary N) is 1. The molecule has 1 heterocycles. The number of nitro groups is 1. The molecule has 1 aromatic rings. The maximum Gasteiger partial charge on any atom is 0.269 e. The number of carbonyl (C=O) groups is 1. The van der Waals surface area contributed by atoms with Gasteiger partial charge in [0, 0.05) is 64.0 Å². The van der Waals surface area contributed by atoms with Crippen molar-refractivity contribution in [3.05, 3.63) is 34.4 Å². The molecule has 1 aliphatic heterocycles. The molecule has 21 heavy (non-hydrogen) atoms.